The molecule has 0 saturated heterocycles. The van der Waals surface area contributed by atoms with Gasteiger partial charge in [0.25, 0.3) is 5.91 Å². The Labute approximate surface area is 99.8 Å². The van der Waals surface area contributed by atoms with E-state index in [0.29, 0.717) is 11.3 Å². The summed E-state index contributed by atoms with van der Waals surface area (Å²) in [6, 6.07) is 1.57. The molecule has 0 spiro atoms. The van der Waals surface area contributed by atoms with Crippen LogP contribution < -0.4 is 5.32 Å². The SMILES string of the molecule is Cc1occc1C(=O)NCC(C(=O)O)C(C)C. The van der Waals surface area contributed by atoms with E-state index in [4.69, 9.17) is 9.52 Å². The molecule has 2 N–H and O–H groups in total. The maximum absolute atomic E-state index is 11.7. The first kappa shape index (κ1) is 13.3. The van der Waals surface area contributed by atoms with Gasteiger partial charge in [-0.05, 0) is 18.9 Å². The van der Waals surface area contributed by atoms with E-state index in [-0.39, 0.29) is 18.4 Å². The van der Waals surface area contributed by atoms with Crippen LogP contribution in [0.4, 0.5) is 0 Å². The number of amides is 1. The molecule has 0 aromatic carbocycles. The van der Waals surface area contributed by atoms with Crippen molar-refractivity contribution in [2.24, 2.45) is 11.8 Å². The van der Waals surface area contributed by atoms with Gasteiger partial charge in [0.05, 0.1) is 17.7 Å². The molecule has 5 heteroatoms. The number of aliphatic carboxylic acids is 1. The van der Waals surface area contributed by atoms with Gasteiger partial charge < -0.3 is 14.8 Å². The standard InChI is InChI=1S/C12H17NO4/c1-7(2)10(12(15)16)6-13-11(14)9-4-5-17-8(9)3/h4-5,7,10H,6H2,1-3H3,(H,13,14)(H,15,16). The third-order valence-electron chi connectivity index (χ3n) is 2.71. The molecule has 5 nitrogen and oxygen atoms in total. The van der Waals surface area contributed by atoms with E-state index in [1.165, 1.54) is 6.26 Å². The topological polar surface area (TPSA) is 79.5 Å². The van der Waals surface area contributed by atoms with E-state index in [0.717, 1.165) is 0 Å². The molecule has 0 radical (unpaired) electrons. The van der Waals surface area contributed by atoms with Crippen molar-refractivity contribution >= 4 is 11.9 Å². The smallest absolute Gasteiger partial charge is 0.308 e. The minimum Gasteiger partial charge on any atom is -0.481 e. The second-order valence-electron chi connectivity index (χ2n) is 4.29. The van der Waals surface area contributed by atoms with Crippen LogP contribution in [0.15, 0.2) is 16.7 Å². The molecule has 0 bridgehead atoms. The van der Waals surface area contributed by atoms with Gasteiger partial charge in [0.2, 0.25) is 0 Å². The van der Waals surface area contributed by atoms with Gasteiger partial charge in [0.1, 0.15) is 5.76 Å². The minimum absolute atomic E-state index is 0.0294. The summed E-state index contributed by atoms with van der Waals surface area (Å²) in [7, 11) is 0. The van der Waals surface area contributed by atoms with Crippen molar-refractivity contribution in [3.8, 4) is 0 Å². The first-order valence-corrected chi connectivity index (χ1v) is 5.48. The third kappa shape index (κ3) is 3.34. The zero-order chi connectivity index (χ0) is 13.0. The highest BCUT2D eigenvalue weighted by Gasteiger charge is 2.22. The normalized spacial score (nSPS) is 12.5. The summed E-state index contributed by atoms with van der Waals surface area (Å²) in [6.45, 7) is 5.44. The number of furan rings is 1. The van der Waals surface area contributed by atoms with Crippen LogP contribution in [0.25, 0.3) is 0 Å². The molecule has 1 amide bonds. The monoisotopic (exact) mass is 239 g/mol. The van der Waals surface area contributed by atoms with Crippen molar-refractivity contribution in [3.63, 3.8) is 0 Å². The lowest BCUT2D eigenvalue weighted by Crippen LogP contribution is -2.35. The average Bonchev–Trinajstić information content (AvgIpc) is 2.63. The number of aryl methyl sites for hydroxylation is 1. The Morgan fingerprint density at radius 2 is 2.12 bits per heavy atom. The van der Waals surface area contributed by atoms with Crippen molar-refractivity contribution in [3.05, 3.63) is 23.7 Å². The van der Waals surface area contributed by atoms with Gasteiger partial charge in [0.15, 0.2) is 0 Å². The maximum atomic E-state index is 11.7. The predicted molar refractivity (Wildman–Crippen MR) is 61.7 cm³/mol. The molecule has 1 rings (SSSR count). The summed E-state index contributed by atoms with van der Waals surface area (Å²) in [5.41, 5.74) is 0.442. The molecule has 0 aliphatic heterocycles. The Morgan fingerprint density at radius 3 is 2.53 bits per heavy atom. The molecule has 1 atom stereocenters. The van der Waals surface area contributed by atoms with Gasteiger partial charge >= 0.3 is 5.97 Å². The molecule has 1 aromatic heterocycles. The zero-order valence-corrected chi connectivity index (χ0v) is 10.2. The second-order valence-corrected chi connectivity index (χ2v) is 4.29. The Kier molecular flexibility index (Phi) is 4.31. The summed E-state index contributed by atoms with van der Waals surface area (Å²) >= 11 is 0. The van der Waals surface area contributed by atoms with Gasteiger partial charge in [0, 0.05) is 6.54 Å². The van der Waals surface area contributed by atoms with Crippen LogP contribution in [0, 0.1) is 18.8 Å². The zero-order valence-electron chi connectivity index (χ0n) is 10.2. The first-order chi connectivity index (χ1) is 7.93. The predicted octanol–water partition coefficient (Wildman–Crippen LogP) is 1.67. The number of rotatable bonds is 5. The number of carbonyl (C=O) groups is 2. The van der Waals surface area contributed by atoms with Gasteiger partial charge in [-0.3, -0.25) is 9.59 Å². The molecule has 0 saturated carbocycles. The van der Waals surface area contributed by atoms with E-state index >= 15 is 0 Å². The number of nitrogens with one attached hydrogen (secondary N) is 1. The fourth-order valence-corrected chi connectivity index (χ4v) is 1.53. The molecule has 0 aliphatic rings. The van der Waals surface area contributed by atoms with Gasteiger partial charge in [-0.25, -0.2) is 0 Å². The molecule has 1 aromatic rings. The lowest BCUT2D eigenvalue weighted by Gasteiger charge is -2.16. The summed E-state index contributed by atoms with van der Waals surface area (Å²) in [5.74, 6) is -1.28. The molecule has 17 heavy (non-hydrogen) atoms. The fourth-order valence-electron chi connectivity index (χ4n) is 1.53. The van der Waals surface area contributed by atoms with Crippen LogP contribution in [-0.2, 0) is 4.79 Å². The number of carboxylic acids is 1. The largest absolute Gasteiger partial charge is 0.481 e. The summed E-state index contributed by atoms with van der Waals surface area (Å²) in [5, 5.41) is 11.6. The van der Waals surface area contributed by atoms with Crippen molar-refractivity contribution in [2.75, 3.05) is 6.54 Å². The molecular formula is C12H17NO4. The Balaban J connectivity index is 2.59. The summed E-state index contributed by atoms with van der Waals surface area (Å²) in [4.78, 5) is 22.6. The fraction of sp³-hybridized carbons (Fsp3) is 0.500. The van der Waals surface area contributed by atoms with Crippen molar-refractivity contribution < 1.29 is 19.1 Å². The molecule has 94 valence electrons. The molecule has 1 unspecified atom stereocenters. The van der Waals surface area contributed by atoms with Crippen LogP contribution in [0.3, 0.4) is 0 Å². The van der Waals surface area contributed by atoms with Crippen LogP contribution in [0.5, 0.6) is 0 Å². The van der Waals surface area contributed by atoms with Gasteiger partial charge in [-0.1, -0.05) is 13.8 Å². The molecule has 0 aliphatic carbocycles. The van der Waals surface area contributed by atoms with Crippen molar-refractivity contribution in [1.29, 1.82) is 0 Å². The lowest BCUT2D eigenvalue weighted by atomic mass is 9.96. The third-order valence-corrected chi connectivity index (χ3v) is 2.71. The highest BCUT2D eigenvalue weighted by atomic mass is 16.4. The van der Waals surface area contributed by atoms with Gasteiger partial charge in [-0.2, -0.15) is 0 Å². The highest BCUT2D eigenvalue weighted by molar-refractivity contribution is 5.95. The number of carbonyl (C=O) groups excluding carboxylic acids is 1. The van der Waals surface area contributed by atoms with E-state index < -0.39 is 11.9 Å². The van der Waals surface area contributed by atoms with Crippen molar-refractivity contribution in [2.45, 2.75) is 20.8 Å². The second kappa shape index (κ2) is 5.52. The van der Waals surface area contributed by atoms with Crippen LogP contribution in [0.2, 0.25) is 0 Å². The van der Waals surface area contributed by atoms with E-state index in [1.807, 2.05) is 13.8 Å². The number of hydrogen-bond acceptors (Lipinski definition) is 3. The minimum atomic E-state index is -0.899. The quantitative estimate of drug-likeness (QED) is 0.819. The van der Waals surface area contributed by atoms with Crippen LogP contribution >= 0.6 is 0 Å². The van der Waals surface area contributed by atoms with Crippen LogP contribution in [-0.4, -0.2) is 23.5 Å². The lowest BCUT2D eigenvalue weighted by molar-refractivity contribution is -0.142. The Bertz CT molecular complexity index is 408. The van der Waals surface area contributed by atoms with Gasteiger partial charge in [-0.15, -0.1) is 0 Å². The summed E-state index contributed by atoms with van der Waals surface area (Å²) in [6.07, 6.45) is 1.43. The number of hydrogen-bond donors (Lipinski definition) is 2. The Morgan fingerprint density at radius 1 is 1.47 bits per heavy atom. The molecule has 1 heterocycles. The number of carboxylic acid groups (broad SMARTS) is 1. The van der Waals surface area contributed by atoms with E-state index in [2.05, 4.69) is 5.32 Å². The first-order valence-electron chi connectivity index (χ1n) is 5.48. The van der Waals surface area contributed by atoms with Crippen molar-refractivity contribution in [1.82, 2.24) is 5.32 Å². The Hall–Kier alpha value is -1.78. The van der Waals surface area contributed by atoms with E-state index in [9.17, 15) is 9.59 Å². The average molecular weight is 239 g/mol. The summed E-state index contributed by atoms with van der Waals surface area (Å²) < 4.78 is 5.01. The highest BCUT2D eigenvalue weighted by Crippen LogP contribution is 2.11. The maximum Gasteiger partial charge on any atom is 0.308 e. The van der Waals surface area contributed by atoms with E-state index in [1.54, 1.807) is 13.0 Å². The molecular weight excluding hydrogens is 222 g/mol. The van der Waals surface area contributed by atoms with Crippen LogP contribution in [0.1, 0.15) is 30.0 Å². The molecule has 0 fully saturated rings.